The van der Waals surface area contributed by atoms with E-state index in [-0.39, 0.29) is 24.6 Å². The van der Waals surface area contributed by atoms with Crippen LogP contribution in [-0.4, -0.2) is 60.2 Å². The normalized spacial score (nSPS) is 14.5. The van der Waals surface area contributed by atoms with Gasteiger partial charge >= 0.3 is 5.97 Å². The number of benzene rings is 1. The average molecular weight is 362 g/mol. The van der Waals surface area contributed by atoms with E-state index < -0.39 is 27.2 Å². The second-order valence-electron chi connectivity index (χ2n) is 4.84. The SMILES string of the molecule is Cl.O=C(OCCN1CCOCC1)c1cc([N+](=O)[O-])cc([N+](=O)[O-])c1. The van der Waals surface area contributed by atoms with E-state index in [0.29, 0.717) is 19.8 Å². The van der Waals surface area contributed by atoms with Gasteiger partial charge in [-0.3, -0.25) is 25.1 Å². The van der Waals surface area contributed by atoms with Crippen LogP contribution in [-0.2, 0) is 9.47 Å². The van der Waals surface area contributed by atoms with E-state index in [1.165, 1.54) is 0 Å². The van der Waals surface area contributed by atoms with Crippen LogP contribution in [0.5, 0.6) is 0 Å². The van der Waals surface area contributed by atoms with Gasteiger partial charge in [0, 0.05) is 31.8 Å². The molecule has 1 aliphatic heterocycles. The number of ether oxygens (including phenoxy) is 2. The first-order chi connectivity index (χ1) is 11.0. The third kappa shape index (κ3) is 5.41. The fourth-order valence-corrected chi connectivity index (χ4v) is 2.10. The van der Waals surface area contributed by atoms with Gasteiger partial charge in [-0.1, -0.05) is 0 Å². The van der Waals surface area contributed by atoms with Crippen LogP contribution in [0, 0.1) is 20.2 Å². The molecular formula is C13H16ClN3O7. The molecule has 1 aromatic carbocycles. The highest BCUT2D eigenvalue weighted by Crippen LogP contribution is 2.23. The summed E-state index contributed by atoms with van der Waals surface area (Å²) in [4.78, 5) is 34.0. The van der Waals surface area contributed by atoms with Gasteiger partial charge < -0.3 is 9.47 Å². The maximum Gasteiger partial charge on any atom is 0.338 e. The largest absolute Gasteiger partial charge is 0.461 e. The van der Waals surface area contributed by atoms with Gasteiger partial charge in [0.05, 0.1) is 34.7 Å². The van der Waals surface area contributed by atoms with Crippen molar-refractivity contribution in [2.75, 3.05) is 39.5 Å². The number of rotatable bonds is 6. The molecule has 0 atom stereocenters. The summed E-state index contributed by atoms with van der Waals surface area (Å²) in [6, 6.07) is 2.72. The molecule has 0 aliphatic carbocycles. The first-order valence-corrected chi connectivity index (χ1v) is 6.88. The standard InChI is InChI=1S/C13H15N3O7.ClH/c17-13(23-6-3-14-1-4-22-5-2-14)10-7-11(15(18)19)9-12(8-10)16(20)21;/h7-9H,1-6H2;1H. The zero-order chi connectivity index (χ0) is 16.8. The maximum atomic E-state index is 11.9. The molecule has 1 heterocycles. The van der Waals surface area contributed by atoms with Crippen molar-refractivity contribution in [2.24, 2.45) is 0 Å². The van der Waals surface area contributed by atoms with Gasteiger partial charge in [-0.25, -0.2) is 4.79 Å². The molecule has 1 aliphatic rings. The Hall–Kier alpha value is -2.30. The molecule has 0 saturated carbocycles. The highest BCUT2D eigenvalue weighted by molar-refractivity contribution is 5.91. The Morgan fingerprint density at radius 2 is 1.67 bits per heavy atom. The highest BCUT2D eigenvalue weighted by atomic mass is 35.5. The molecular weight excluding hydrogens is 346 g/mol. The second kappa shape index (κ2) is 9.11. The Bertz CT molecular complexity index is 587. The van der Waals surface area contributed by atoms with Gasteiger partial charge in [0.1, 0.15) is 6.61 Å². The van der Waals surface area contributed by atoms with Gasteiger partial charge in [0.25, 0.3) is 11.4 Å². The number of esters is 1. The van der Waals surface area contributed by atoms with Crippen LogP contribution in [0.3, 0.4) is 0 Å². The lowest BCUT2D eigenvalue weighted by Crippen LogP contribution is -2.38. The summed E-state index contributed by atoms with van der Waals surface area (Å²) < 4.78 is 10.2. The van der Waals surface area contributed by atoms with Gasteiger partial charge in [0.15, 0.2) is 0 Å². The molecule has 0 unspecified atom stereocenters. The number of hydrogen-bond donors (Lipinski definition) is 0. The third-order valence-corrected chi connectivity index (χ3v) is 3.30. The number of carbonyl (C=O) groups is 1. The fourth-order valence-electron chi connectivity index (χ4n) is 2.10. The zero-order valence-electron chi connectivity index (χ0n) is 12.6. The van der Waals surface area contributed by atoms with Crippen molar-refractivity contribution in [1.29, 1.82) is 0 Å². The van der Waals surface area contributed by atoms with Crippen LogP contribution in [0.2, 0.25) is 0 Å². The molecule has 1 fully saturated rings. The third-order valence-electron chi connectivity index (χ3n) is 3.30. The van der Waals surface area contributed by atoms with Gasteiger partial charge in [-0.15, -0.1) is 12.4 Å². The van der Waals surface area contributed by atoms with E-state index in [4.69, 9.17) is 9.47 Å². The zero-order valence-corrected chi connectivity index (χ0v) is 13.4. The van der Waals surface area contributed by atoms with E-state index >= 15 is 0 Å². The minimum Gasteiger partial charge on any atom is -0.461 e. The maximum absolute atomic E-state index is 11.9. The van der Waals surface area contributed by atoms with E-state index in [2.05, 4.69) is 0 Å². The van der Waals surface area contributed by atoms with Crippen molar-refractivity contribution in [1.82, 2.24) is 4.90 Å². The Morgan fingerprint density at radius 1 is 1.12 bits per heavy atom. The molecule has 0 aromatic heterocycles. The molecule has 0 bridgehead atoms. The topological polar surface area (TPSA) is 125 Å². The number of nitro benzene ring substituents is 2. The molecule has 11 heteroatoms. The second-order valence-corrected chi connectivity index (χ2v) is 4.84. The minimum atomic E-state index is -0.829. The van der Waals surface area contributed by atoms with Crippen LogP contribution >= 0.6 is 12.4 Å². The van der Waals surface area contributed by atoms with E-state index in [0.717, 1.165) is 31.3 Å². The van der Waals surface area contributed by atoms with E-state index in [1.807, 2.05) is 4.90 Å². The van der Waals surface area contributed by atoms with Crippen molar-refractivity contribution in [3.8, 4) is 0 Å². The lowest BCUT2D eigenvalue weighted by Gasteiger charge is -2.26. The number of morpholine rings is 1. The molecule has 1 saturated heterocycles. The Labute approximate surface area is 143 Å². The van der Waals surface area contributed by atoms with Crippen molar-refractivity contribution >= 4 is 29.8 Å². The molecule has 10 nitrogen and oxygen atoms in total. The monoisotopic (exact) mass is 361 g/mol. The smallest absolute Gasteiger partial charge is 0.338 e. The predicted octanol–water partition coefficient (Wildman–Crippen LogP) is 1.41. The van der Waals surface area contributed by atoms with Crippen LogP contribution in [0.1, 0.15) is 10.4 Å². The van der Waals surface area contributed by atoms with Crippen molar-refractivity contribution < 1.29 is 24.1 Å². The molecule has 0 radical (unpaired) electrons. The molecule has 1 aromatic rings. The van der Waals surface area contributed by atoms with Gasteiger partial charge in [-0.05, 0) is 0 Å². The Morgan fingerprint density at radius 3 is 2.17 bits per heavy atom. The van der Waals surface area contributed by atoms with Crippen LogP contribution in [0.4, 0.5) is 11.4 Å². The molecule has 132 valence electrons. The average Bonchev–Trinajstić information content (AvgIpc) is 2.55. The van der Waals surface area contributed by atoms with Crippen LogP contribution in [0.25, 0.3) is 0 Å². The lowest BCUT2D eigenvalue weighted by molar-refractivity contribution is -0.394. The fraction of sp³-hybridized carbons (Fsp3) is 0.462. The minimum absolute atomic E-state index is 0. The number of non-ortho nitro benzene ring substituents is 2. The number of nitro groups is 2. The number of nitrogens with zero attached hydrogens (tertiary/aromatic N) is 3. The van der Waals surface area contributed by atoms with Crippen molar-refractivity contribution in [3.05, 3.63) is 44.0 Å². The summed E-state index contributed by atoms with van der Waals surface area (Å²) in [6.07, 6.45) is 0. The summed E-state index contributed by atoms with van der Waals surface area (Å²) in [5.41, 5.74) is -1.27. The van der Waals surface area contributed by atoms with Crippen molar-refractivity contribution in [3.63, 3.8) is 0 Å². The molecule has 0 spiro atoms. The number of hydrogen-bond acceptors (Lipinski definition) is 8. The summed E-state index contributed by atoms with van der Waals surface area (Å²) in [5, 5.41) is 21.6. The highest BCUT2D eigenvalue weighted by Gasteiger charge is 2.21. The summed E-state index contributed by atoms with van der Waals surface area (Å²) >= 11 is 0. The van der Waals surface area contributed by atoms with Crippen LogP contribution < -0.4 is 0 Å². The number of halogens is 1. The summed E-state index contributed by atoms with van der Waals surface area (Å²) in [6.45, 7) is 3.30. The summed E-state index contributed by atoms with van der Waals surface area (Å²) in [5.74, 6) is -0.829. The Kier molecular flexibility index (Phi) is 7.49. The van der Waals surface area contributed by atoms with Gasteiger partial charge in [-0.2, -0.15) is 0 Å². The van der Waals surface area contributed by atoms with Crippen molar-refractivity contribution in [2.45, 2.75) is 0 Å². The Balaban J connectivity index is 0.00000288. The number of carbonyl (C=O) groups excluding carboxylic acids is 1. The molecule has 24 heavy (non-hydrogen) atoms. The van der Waals surface area contributed by atoms with Crippen LogP contribution in [0.15, 0.2) is 18.2 Å². The first-order valence-electron chi connectivity index (χ1n) is 6.88. The summed E-state index contributed by atoms with van der Waals surface area (Å²) in [7, 11) is 0. The van der Waals surface area contributed by atoms with E-state index in [9.17, 15) is 25.0 Å². The molecule has 2 rings (SSSR count). The lowest BCUT2D eigenvalue weighted by atomic mass is 10.2. The predicted molar refractivity (Wildman–Crippen MR) is 84.5 cm³/mol. The quantitative estimate of drug-likeness (QED) is 0.423. The first kappa shape index (κ1) is 19.7. The molecule has 0 amide bonds. The molecule has 0 N–H and O–H groups in total. The van der Waals surface area contributed by atoms with E-state index in [1.54, 1.807) is 0 Å². The van der Waals surface area contributed by atoms with Gasteiger partial charge in [0.2, 0.25) is 0 Å².